The molecule has 0 bridgehead atoms. The van der Waals surface area contributed by atoms with E-state index in [0.717, 1.165) is 16.8 Å². The molecule has 0 radical (unpaired) electrons. The molecule has 6 heteroatoms. The van der Waals surface area contributed by atoms with Crippen molar-refractivity contribution in [3.05, 3.63) is 67.7 Å². The van der Waals surface area contributed by atoms with Gasteiger partial charge in [0.05, 0.1) is 9.95 Å². The van der Waals surface area contributed by atoms with Crippen LogP contribution in [0.25, 0.3) is 0 Å². The number of nitrogens with zero attached hydrogens (tertiary/aromatic N) is 1. The monoisotopic (exact) mass is 310 g/mol. The fourth-order valence-corrected chi connectivity index (χ4v) is 2.20. The van der Waals surface area contributed by atoms with Crippen molar-refractivity contribution >= 4 is 34.6 Å². The molecule has 0 fully saturated rings. The molecule has 0 amide bonds. The van der Waals surface area contributed by atoms with Gasteiger partial charge < -0.3 is 5.32 Å². The van der Waals surface area contributed by atoms with Crippen LogP contribution in [-0.2, 0) is 6.54 Å². The van der Waals surface area contributed by atoms with Crippen molar-refractivity contribution in [2.45, 2.75) is 13.5 Å². The molecule has 0 unspecified atom stereocenters. The van der Waals surface area contributed by atoms with Gasteiger partial charge in [0.2, 0.25) is 0 Å². The first-order valence-corrected chi connectivity index (χ1v) is 6.66. The minimum atomic E-state index is -0.468. The normalized spacial score (nSPS) is 10.3. The van der Waals surface area contributed by atoms with E-state index in [1.807, 2.05) is 25.1 Å². The zero-order valence-corrected chi connectivity index (χ0v) is 12.2. The highest BCUT2D eigenvalue weighted by Gasteiger charge is 2.09. The topological polar surface area (TPSA) is 55.2 Å². The molecule has 2 aromatic carbocycles. The highest BCUT2D eigenvalue weighted by molar-refractivity contribution is 6.32. The summed E-state index contributed by atoms with van der Waals surface area (Å²) >= 11 is 12.1. The van der Waals surface area contributed by atoms with Crippen LogP contribution in [-0.4, -0.2) is 4.92 Å². The first-order valence-electron chi connectivity index (χ1n) is 5.91. The first kappa shape index (κ1) is 14.6. The average molecular weight is 311 g/mol. The molecule has 0 spiro atoms. The summed E-state index contributed by atoms with van der Waals surface area (Å²) < 4.78 is 0. The highest BCUT2D eigenvalue weighted by Crippen LogP contribution is 2.26. The van der Waals surface area contributed by atoms with Gasteiger partial charge in [0.25, 0.3) is 5.69 Å². The van der Waals surface area contributed by atoms with Gasteiger partial charge in [0, 0.05) is 29.4 Å². The lowest BCUT2D eigenvalue weighted by Crippen LogP contribution is -2.02. The molecule has 104 valence electrons. The van der Waals surface area contributed by atoms with Gasteiger partial charge in [0.1, 0.15) is 0 Å². The Balaban J connectivity index is 2.15. The van der Waals surface area contributed by atoms with E-state index in [2.05, 4.69) is 5.32 Å². The van der Waals surface area contributed by atoms with E-state index in [1.165, 1.54) is 12.1 Å². The number of anilines is 1. The summed E-state index contributed by atoms with van der Waals surface area (Å²) in [6.07, 6.45) is 0. The third-order valence-electron chi connectivity index (χ3n) is 2.98. The number of non-ortho nitro benzene ring substituents is 1. The Hall–Kier alpha value is -1.78. The van der Waals surface area contributed by atoms with Gasteiger partial charge in [-0.15, -0.1) is 0 Å². The van der Waals surface area contributed by atoms with E-state index < -0.39 is 4.92 Å². The Morgan fingerprint density at radius 3 is 2.60 bits per heavy atom. The second kappa shape index (κ2) is 6.11. The maximum absolute atomic E-state index is 10.6. The number of nitrogens with one attached hydrogen (secondary N) is 1. The number of nitro benzene ring substituents is 1. The highest BCUT2D eigenvalue weighted by atomic mass is 35.5. The summed E-state index contributed by atoms with van der Waals surface area (Å²) in [6.45, 7) is 2.39. The molecule has 2 aromatic rings. The molecule has 0 saturated heterocycles. The number of hydrogen-bond acceptors (Lipinski definition) is 3. The van der Waals surface area contributed by atoms with E-state index >= 15 is 0 Å². The van der Waals surface area contributed by atoms with E-state index in [4.69, 9.17) is 23.2 Å². The van der Waals surface area contributed by atoms with Crippen LogP contribution >= 0.6 is 23.2 Å². The summed E-state index contributed by atoms with van der Waals surface area (Å²) in [7, 11) is 0. The van der Waals surface area contributed by atoms with Gasteiger partial charge >= 0.3 is 0 Å². The van der Waals surface area contributed by atoms with Gasteiger partial charge in [-0.1, -0.05) is 29.3 Å². The van der Waals surface area contributed by atoms with E-state index in [1.54, 1.807) is 6.07 Å². The molecule has 0 saturated carbocycles. The molecule has 0 aliphatic rings. The maximum atomic E-state index is 10.6. The molecular formula is C14H12Cl2N2O2. The number of rotatable bonds is 4. The minimum Gasteiger partial charge on any atom is -0.381 e. The fourth-order valence-electron chi connectivity index (χ4n) is 1.78. The zero-order chi connectivity index (χ0) is 14.7. The molecule has 0 atom stereocenters. The molecule has 0 aliphatic carbocycles. The van der Waals surface area contributed by atoms with Crippen LogP contribution in [0.2, 0.25) is 10.0 Å². The molecule has 4 nitrogen and oxygen atoms in total. The number of nitro groups is 1. The second-order valence-corrected chi connectivity index (χ2v) is 5.11. The Labute approximate surface area is 126 Å². The molecule has 20 heavy (non-hydrogen) atoms. The van der Waals surface area contributed by atoms with Crippen molar-refractivity contribution in [1.82, 2.24) is 0 Å². The Bertz CT molecular complexity index is 660. The Kier molecular flexibility index (Phi) is 4.47. The van der Waals surface area contributed by atoms with Crippen molar-refractivity contribution in [3.63, 3.8) is 0 Å². The van der Waals surface area contributed by atoms with E-state index in [-0.39, 0.29) is 5.69 Å². The van der Waals surface area contributed by atoms with Gasteiger partial charge in [-0.2, -0.15) is 0 Å². The average Bonchev–Trinajstić information content (AvgIpc) is 2.41. The fraction of sp³-hybridized carbons (Fsp3) is 0.143. The smallest absolute Gasteiger partial charge is 0.270 e. The number of halogens is 2. The van der Waals surface area contributed by atoms with Crippen molar-refractivity contribution in [2.24, 2.45) is 0 Å². The Morgan fingerprint density at radius 1 is 1.20 bits per heavy atom. The summed E-state index contributed by atoms with van der Waals surface area (Å²) in [4.78, 5) is 10.2. The van der Waals surface area contributed by atoms with Crippen LogP contribution in [0.1, 0.15) is 11.1 Å². The SMILES string of the molecule is Cc1c(Cl)cccc1NCc1ccc([N+](=O)[O-])cc1Cl. The van der Waals surface area contributed by atoms with Crippen molar-refractivity contribution in [1.29, 1.82) is 0 Å². The third kappa shape index (κ3) is 3.21. The number of hydrogen-bond donors (Lipinski definition) is 1. The summed E-state index contributed by atoms with van der Waals surface area (Å²) in [5.74, 6) is 0. The second-order valence-electron chi connectivity index (χ2n) is 4.30. The van der Waals surface area contributed by atoms with Gasteiger partial charge in [-0.05, 0) is 36.2 Å². The lowest BCUT2D eigenvalue weighted by Gasteiger charge is -2.11. The quantitative estimate of drug-likeness (QED) is 0.650. The summed E-state index contributed by atoms with van der Waals surface area (Å²) in [5, 5.41) is 14.9. The van der Waals surface area contributed by atoms with Crippen molar-refractivity contribution < 1.29 is 4.92 Å². The first-order chi connectivity index (χ1) is 9.49. The van der Waals surface area contributed by atoms with Crippen LogP contribution in [0.4, 0.5) is 11.4 Å². The van der Waals surface area contributed by atoms with Crippen LogP contribution in [0.5, 0.6) is 0 Å². The maximum Gasteiger partial charge on any atom is 0.270 e. The van der Waals surface area contributed by atoms with Crippen LogP contribution in [0.15, 0.2) is 36.4 Å². The van der Waals surface area contributed by atoms with Crippen LogP contribution < -0.4 is 5.32 Å². The predicted octanol–water partition coefficient (Wildman–Crippen LogP) is 4.82. The third-order valence-corrected chi connectivity index (χ3v) is 3.75. The Morgan fingerprint density at radius 2 is 1.95 bits per heavy atom. The minimum absolute atomic E-state index is 0.0160. The lowest BCUT2D eigenvalue weighted by atomic mass is 10.1. The van der Waals surface area contributed by atoms with Crippen molar-refractivity contribution in [2.75, 3.05) is 5.32 Å². The van der Waals surface area contributed by atoms with Gasteiger partial charge in [-0.25, -0.2) is 0 Å². The van der Waals surface area contributed by atoms with E-state index in [0.29, 0.717) is 16.6 Å². The van der Waals surface area contributed by atoms with Gasteiger partial charge in [-0.3, -0.25) is 10.1 Å². The molecule has 2 rings (SSSR count). The number of benzene rings is 2. The molecule has 1 N–H and O–H groups in total. The zero-order valence-electron chi connectivity index (χ0n) is 10.7. The summed E-state index contributed by atoms with van der Waals surface area (Å²) in [6, 6.07) is 10.0. The summed E-state index contributed by atoms with van der Waals surface area (Å²) in [5.41, 5.74) is 2.63. The van der Waals surface area contributed by atoms with Gasteiger partial charge in [0.15, 0.2) is 0 Å². The standard InChI is InChI=1S/C14H12Cl2N2O2/c1-9-12(15)3-2-4-14(9)17-8-10-5-6-11(18(19)20)7-13(10)16/h2-7,17H,8H2,1H3. The van der Waals surface area contributed by atoms with E-state index in [9.17, 15) is 10.1 Å². The van der Waals surface area contributed by atoms with Crippen molar-refractivity contribution in [3.8, 4) is 0 Å². The van der Waals surface area contributed by atoms with Crippen LogP contribution in [0, 0.1) is 17.0 Å². The lowest BCUT2D eigenvalue weighted by molar-refractivity contribution is -0.384. The largest absolute Gasteiger partial charge is 0.381 e. The molecule has 0 aromatic heterocycles. The molecule has 0 heterocycles. The van der Waals surface area contributed by atoms with Crippen LogP contribution in [0.3, 0.4) is 0 Å². The predicted molar refractivity (Wildman–Crippen MR) is 81.6 cm³/mol. The molecule has 0 aliphatic heterocycles. The molecular weight excluding hydrogens is 299 g/mol.